The van der Waals surface area contributed by atoms with Crippen LogP contribution in [0.2, 0.25) is 0 Å². The van der Waals surface area contributed by atoms with Crippen molar-refractivity contribution in [3.05, 3.63) is 77.4 Å². The van der Waals surface area contributed by atoms with Crippen LogP contribution in [0.1, 0.15) is 42.1 Å². The lowest BCUT2D eigenvalue weighted by atomic mass is 9.97. The van der Waals surface area contributed by atoms with Gasteiger partial charge >= 0.3 is 0 Å². The number of nitrogens with one attached hydrogen (secondary N) is 1. The Morgan fingerprint density at radius 1 is 1.09 bits per heavy atom. The Morgan fingerprint density at radius 2 is 1.84 bits per heavy atom. The van der Waals surface area contributed by atoms with Crippen LogP contribution in [-0.2, 0) is 11.2 Å². The molecule has 1 aliphatic carbocycles. The van der Waals surface area contributed by atoms with Crippen molar-refractivity contribution in [2.75, 3.05) is 24.5 Å². The highest BCUT2D eigenvalue weighted by Gasteiger charge is 2.43. The second kappa shape index (κ2) is 9.36. The molecule has 0 spiro atoms. The first kappa shape index (κ1) is 21.1. The predicted molar refractivity (Wildman–Crippen MR) is 124 cm³/mol. The van der Waals surface area contributed by atoms with Crippen LogP contribution < -0.4 is 10.2 Å². The van der Waals surface area contributed by atoms with E-state index in [2.05, 4.69) is 31.7 Å². The summed E-state index contributed by atoms with van der Waals surface area (Å²) < 4.78 is 17.6. The van der Waals surface area contributed by atoms with E-state index in [0.29, 0.717) is 18.3 Å². The van der Waals surface area contributed by atoms with Crippen molar-refractivity contribution in [2.24, 2.45) is 11.8 Å². The first-order valence-corrected chi connectivity index (χ1v) is 12.1. The van der Waals surface area contributed by atoms with E-state index in [1.165, 1.54) is 29.2 Å². The van der Waals surface area contributed by atoms with E-state index in [1.807, 2.05) is 18.2 Å². The maximum absolute atomic E-state index is 13.1. The summed E-state index contributed by atoms with van der Waals surface area (Å²) in [7, 11) is 0. The van der Waals surface area contributed by atoms with Gasteiger partial charge in [0.15, 0.2) is 0 Å². The lowest BCUT2D eigenvalue weighted by Gasteiger charge is -2.31. The fourth-order valence-electron chi connectivity index (χ4n) is 4.49. The molecule has 2 aliphatic rings. The van der Waals surface area contributed by atoms with E-state index in [0.717, 1.165) is 55.4 Å². The summed E-state index contributed by atoms with van der Waals surface area (Å²) in [5.41, 5.74) is 2.28. The molecule has 2 fully saturated rings. The summed E-state index contributed by atoms with van der Waals surface area (Å²) in [6.45, 7) is 2.63. The standard InChI is InChI=1S/C25H27FN4OS/c26-20-8-6-17(7-9-20)14-23-28-25(32-29-23)30-12-10-18(11-13-30)16-27-24(31)22-15-21(22)19-4-2-1-3-5-19/h1-9,18,21-22H,10-16H2,(H,27,31)/t21-,22?/m0/s1. The normalized spacial score (nSPS) is 20.8. The van der Waals surface area contributed by atoms with Crippen LogP contribution in [0, 0.1) is 17.7 Å². The smallest absolute Gasteiger partial charge is 0.223 e. The molecule has 32 heavy (non-hydrogen) atoms. The van der Waals surface area contributed by atoms with Gasteiger partial charge in [-0.2, -0.15) is 4.37 Å². The molecule has 166 valence electrons. The van der Waals surface area contributed by atoms with Gasteiger partial charge in [-0.1, -0.05) is 42.5 Å². The number of carbonyl (C=O) groups excluding carboxylic acids is 1. The van der Waals surface area contributed by atoms with Crippen molar-refractivity contribution in [2.45, 2.75) is 31.6 Å². The highest BCUT2D eigenvalue weighted by atomic mass is 32.1. The minimum atomic E-state index is -0.229. The van der Waals surface area contributed by atoms with Crippen LogP contribution in [0.4, 0.5) is 9.52 Å². The van der Waals surface area contributed by atoms with Crippen molar-refractivity contribution in [1.29, 1.82) is 0 Å². The van der Waals surface area contributed by atoms with Gasteiger partial charge in [-0.15, -0.1) is 0 Å². The molecular formula is C25H27FN4OS. The number of nitrogens with zero attached hydrogens (tertiary/aromatic N) is 3. The highest BCUT2D eigenvalue weighted by Crippen LogP contribution is 2.47. The Morgan fingerprint density at radius 3 is 2.59 bits per heavy atom. The van der Waals surface area contributed by atoms with Crippen molar-refractivity contribution in [1.82, 2.24) is 14.7 Å². The predicted octanol–water partition coefficient (Wildman–Crippen LogP) is 4.40. The topological polar surface area (TPSA) is 58.1 Å². The van der Waals surface area contributed by atoms with Gasteiger partial charge in [0.05, 0.1) is 0 Å². The molecule has 2 atom stereocenters. The molecule has 1 amide bonds. The van der Waals surface area contributed by atoms with Gasteiger partial charge in [0, 0.05) is 43.5 Å². The molecule has 1 aliphatic heterocycles. The van der Waals surface area contributed by atoms with Crippen LogP contribution in [0.3, 0.4) is 0 Å². The minimum Gasteiger partial charge on any atom is -0.356 e. The van der Waals surface area contributed by atoms with Gasteiger partial charge < -0.3 is 10.2 Å². The summed E-state index contributed by atoms with van der Waals surface area (Å²) in [6, 6.07) is 16.8. The first-order valence-electron chi connectivity index (χ1n) is 11.3. The maximum atomic E-state index is 13.1. The number of halogens is 1. The number of hydrogen-bond acceptors (Lipinski definition) is 5. The summed E-state index contributed by atoms with van der Waals surface area (Å²) in [6.07, 6.45) is 3.66. The zero-order valence-corrected chi connectivity index (χ0v) is 18.7. The molecule has 1 saturated carbocycles. The molecule has 7 heteroatoms. The Bertz CT molecular complexity index is 1050. The van der Waals surface area contributed by atoms with Gasteiger partial charge in [-0.25, -0.2) is 9.37 Å². The number of amides is 1. The molecule has 5 rings (SSSR count). The zero-order chi connectivity index (χ0) is 21.9. The third-order valence-electron chi connectivity index (χ3n) is 6.54. The van der Waals surface area contributed by atoms with Crippen LogP contribution in [-0.4, -0.2) is 34.9 Å². The van der Waals surface area contributed by atoms with E-state index in [1.54, 1.807) is 12.1 Å². The molecule has 1 aromatic heterocycles. The van der Waals surface area contributed by atoms with E-state index in [4.69, 9.17) is 0 Å². The van der Waals surface area contributed by atoms with Crippen LogP contribution in [0.15, 0.2) is 54.6 Å². The second-order valence-electron chi connectivity index (χ2n) is 8.83. The van der Waals surface area contributed by atoms with Gasteiger partial charge in [-0.05, 0) is 54.4 Å². The quantitative estimate of drug-likeness (QED) is 0.580. The van der Waals surface area contributed by atoms with E-state index in [-0.39, 0.29) is 17.6 Å². The van der Waals surface area contributed by atoms with Gasteiger partial charge in [0.25, 0.3) is 0 Å². The lowest BCUT2D eigenvalue weighted by molar-refractivity contribution is -0.122. The van der Waals surface area contributed by atoms with Crippen LogP contribution >= 0.6 is 11.5 Å². The molecule has 2 aromatic carbocycles. The molecule has 1 N–H and O–H groups in total. The zero-order valence-electron chi connectivity index (χ0n) is 17.9. The van der Waals surface area contributed by atoms with Crippen molar-refractivity contribution >= 4 is 22.6 Å². The fourth-order valence-corrected chi connectivity index (χ4v) is 5.22. The average molecular weight is 451 g/mol. The third-order valence-corrected chi connectivity index (χ3v) is 7.35. The summed E-state index contributed by atoms with van der Waals surface area (Å²) in [4.78, 5) is 19.5. The van der Waals surface area contributed by atoms with Crippen molar-refractivity contribution < 1.29 is 9.18 Å². The Kier molecular flexibility index (Phi) is 6.17. The molecule has 1 unspecified atom stereocenters. The molecule has 3 aromatic rings. The molecular weight excluding hydrogens is 423 g/mol. The number of benzene rings is 2. The van der Waals surface area contributed by atoms with E-state index in [9.17, 15) is 9.18 Å². The minimum absolute atomic E-state index is 0.137. The first-order chi connectivity index (χ1) is 15.7. The number of carbonyl (C=O) groups is 1. The van der Waals surface area contributed by atoms with Gasteiger partial charge in [0.2, 0.25) is 11.0 Å². The van der Waals surface area contributed by atoms with Crippen LogP contribution in [0.5, 0.6) is 0 Å². The Balaban J connectivity index is 1.06. The fraction of sp³-hybridized carbons (Fsp3) is 0.400. The summed E-state index contributed by atoms with van der Waals surface area (Å²) in [5.74, 6) is 1.79. The summed E-state index contributed by atoms with van der Waals surface area (Å²) in [5, 5.41) is 4.15. The molecule has 0 radical (unpaired) electrons. The van der Waals surface area contributed by atoms with Gasteiger partial charge in [-0.3, -0.25) is 4.79 Å². The number of aromatic nitrogens is 2. The number of hydrogen-bond donors (Lipinski definition) is 1. The van der Waals surface area contributed by atoms with E-state index < -0.39 is 0 Å². The average Bonchev–Trinajstić information content (AvgIpc) is 3.51. The molecule has 0 bridgehead atoms. The molecule has 5 nitrogen and oxygen atoms in total. The van der Waals surface area contributed by atoms with Crippen LogP contribution in [0.25, 0.3) is 0 Å². The number of piperidine rings is 1. The lowest BCUT2D eigenvalue weighted by Crippen LogP contribution is -2.39. The Hall–Kier alpha value is -2.80. The number of rotatable bonds is 7. The van der Waals surface area contributed by atoms with Crippen molar-refractivity contribution in [3.63, 3.8) is 0 Å². The van der Waals surface area contributed by atoms with Gasteiger partial charge in [0.1, 0.15) is 11.6 Å². The van der Waals surface area contributed by atoms with E-state index >= 15 is 0 Å². The summed E-state index contributed by atoms with van der Waals surface area (Å²) >= 11 is 1.43. The Labute approximate surface area is 191 Å². The van der Waals surface area contributed by atoms with Crippen molar-refractivity contribution in [3.8, 4) is 0 Å². The SMILES string of the molecule is O=C(NCC1CCN(c2nc(Cc3ccc(F)cc3)ns2)CC1)C1C[C@H]1c1ccccc1. The third kappa shape index (κ3) is 4.99. The molecule has 1 saturated heterocycles. The molecule has 2 heterocycles. The monoisotopic (exact) mass is 450 g/mol. The second-order valence-corrected chi connectivity index (χ2v) is 9.56. The maximum Gasteiger partial charge on any atom is 0.223 e. The number of anilines is 1. The highest BCUT2D eigenvalue weighted by molar-refractivity contribution is 7.09. The largest absolute Gasteiger partial charge is 0.356 e.